The minimum atomic E-state index is -0.776. The summed E-state index contributed by atoms with van der Waals surface area (Å²) in [7, 11) is 0. The summed E-state index contributed by atoms with van der Waals surface area (Å²) in [6.45, 7) is 6.42. The summed E-state index contributed by atoms with van der Waals surface area (Å²) in [5.41, 5.74) is 1.10. The number of hydrogen-bond donors (Lipinski definition) is 0. The quantitative estimate of drug-likeness (QED) is 0.383. The van der Waals surface area contributed by atoms with Crippen LogP contribution >= 0.6 is 23.2 Å². The van der Waals surface area contributed by atoms with E-state index in [9.17, 15) is 4.79 Å². The van der Waals surface area contributed by atoms with E-state index in [2.05, 4.69) is 6.92 Å². The second-order valence-electron chi connectivity index (χ2n) is 6.83. The molecule has 1 fully saturated rings. The molecule has 0 bridgehead atoms. The maximum absolute atomic E-state index is 11.7. The van der Waals surface area contributed by atoms with E-state index in [0.717, 1.165) is 31.2 Å². The number of rotatable bonds is 9. The van der Waals surface area contributed by atoms with Gasteiger partial charge in [0.15, 0.2) is 0 Å². The topological polar surface area (TPSA) is 48.1 Å². The van der Waals surface area contributed by atoms with Crippen molar-refractivity contribution >= 4 is 29.4 Å². The van der Waals surface area contributed by atoms with E-state index >= 15 is 0 Å². The lowest BCUT2D eigenvalue weighted by Crippen LogP contribution is -2.24. The van der Waals surface area contributed by atoms with Crippen LogP contribution in [0.15, 0.2) is 18.2 Å². The molecule has 1 saturated heterocycles. The summed E-state index contributed by atoms with van der Waals surface area (Å²) in [5, 5.41) is 1.35. The Kier molecular flexibility index (Phi) is 7.41. The molecule has 0 amide bonds. The van der Waals surface area contributed by atoms with Crippen molar-refractivity contribution < 1.29 is 19.0 Å². The molecule has 6 heteroatoms. The smallest absolute Gasteiger partial charge is 0.431 e. The first kappa shape index (κ1) is 20.3. The van der Waals surface area contributed by atoms with Crippen molar-refractivity contribution in [1.29, 1.82) is 0 Å². The molecule has 0 N–H and O–H groups in total. The molecule has 3 atom stereocenters. The molecule has 2 rings (SSSR count). The molecule has 0 aromatic heterocycles. The number of carbonyl (C=O) groups is 1. The predicted octanol–water partition coefficient (Wildman–Crippen LogP) is 6.02. The van der Waals surface area contributed by atoms with Crippen LogP contribution in [0.3, 0.4) is 0 Å². The van der Waals surface area contributed by atoms with Crippen LogP contribution in [0.1, 0.15) is 52.0 Å². The zero-order chi connectivity index (χ0) is 18.4. The number of epoxide rings is 1. The van der Waals surface area contributed by atoms with Gasteiger partial charge in [0.2, 0.25) is 5.79 Å². The van der Waals surface area contributed by atoms with Crippen molar-refractivity contribution in [3.63, 3.8) is 0 Å². The lowest BCUT2D eigenvalue weighted by molar-refractivity contribution is -0.0514. The van der Waals surface area contributed by atoms with Crippen LogP contribution in [0, 0.1) is 5.92 Å². The number of benzene rings is 1. The van der Waals surface area contributed by atoms with Crippen molar-refractivity contribution in [2.75, 3.05) is 6.61 Å². The summed E-state index contributed by atoms with van der Waals surface area (Å²) < 4.78 is 15.8. The fourth-order valence-corrected chi connectivity index (χ4v) is 3.13. The molecular weight excluding hydrogens is 363 g/mol. The molecular formula is C19H26Cl2O4. The summed E-state index contributed by atoms with van der Waals surface area (Å²) >= 11 is 12.2. The Labute approximate surface area is 159 Å². The Morgan fingerprint density at radius 2 is 2.08 bits per heavy atom. The highest BCUT2D eigenvalue weighted by atomic mass is 35.5. The highest BCUT2D eigenvalue weighted by Gasteiger charge is 2.49. The third-order valence-electron chi connectivity index (χ3n) is 4.45. The van der Waals surface area contributed by atoms with Gasteiger partial charge in [-0.1, -0.05) is 49.5 Å². The SMILES string of the molecule is CCC(C)OC(=O)OC1(CCCC(C)Cc2ccc(Cl)cc2Cl)CO1. The molecule has 0 radical (unpaired) electrons. The van der Waals surface area contributed by atoms with E-state index < -0.39 is 11.9 Å². The van der Waals surface area contributed by atoms with Crippen LogP contribution in [-0.4, -0.2) is 24.7 Å². The van der Waals surface area contributed by atoms with Gasteiger partial charge in [-0.25, -0.2) is 4.79 Å². The molecule has 140 valence electrons. The van der Waals surface area contributed by atoms with Gasteiger partial charge in [-0.3, -0.25) is 0 Å². The predicted molar refractivity (Wildman–Crippen MR) is 99.2 cm³/mol. The van der Waals surface area contributed by atoms with Gasteiger partial charge in [-0.05, 0) is 49.8 Å². The molecule has 1 aliphatic rings. The summed E-state index contributed by atoms with van der Waals surface area (Å²) in [6, 6.07) is 5.61. The van der Waals surface area contributed by atoms with E-state index in [1.165, 1.54) is 0 Å². The first-order valence-corrected chi connectivity index (χ1v) is 9.56. The van der Waals surface area contributed by atoms with Gasteiger partial charge in [0.1, 0.15) is 12.7 Å². The molecule has 3 unspecified atom stereocenters. The average molecular weight is 389 g/mol. The fourth-order valence-electron chi connectivity index (χ4n) is 2.64. The van der Waals surface area contributed by atoms with Crippen LogP contribution in [0.5, 0.6) is 0 Å². The fraction of sp³-hybridized carbons (Fsp3) is 0.632. The van der Waals surface area contributed by atoms with Gasteiger partial charge < -0.3 is 14.2 Å². The molecule has 1 heterocycles. The van der Waals surface area contributed by atoms with Crippen LogP contribution in [0.25, 0.3) is 0 Å². The van der Waals surface area contributed by atoms with Crippen molar-refractivity contribution in [1.82, 2.24) is 0 Å². The maximum atomic E-state index is 11.7. The van der Waals surface area contributed by atoms with Gasteiger partial charge in [0, 0.05) is 16.5 Å². The first-order chi connectivity index (χ1) is 11.8. The van der Waals surface area contributed by atoms with Crippen molar-refractivity contribution in [3.05, 3.63) is 33.8 Å². The second kappa shape index (κ2) is 9.11. The number of carbonyl (C=O) groups excluding carboxylic acids is 1. The molecule has 1 aromatic rings. The van der Waals surface area contributed by atoms with Gasteiger partial charge in [-0.15, -0.1) is 0 Å². The highest BCUT2D eigenvalue weighted by molar-refractivity contribution is 6.35. The highest BCUT2D eigenvalue weighted by Crippen LogP contribution is 2.35. The van der Waals surface area contributed by atoms with Crippen LogP contribution in [0.2, 0.25) is 10.0 Å². The van der Waals surface area contributed by atoms with E-state index in [0.29, 0.717) is 29.0 Å². The number of ether oxygens (including phenoxy) is 3. The maximum Gasteiger partial charge on any atom is 0.511 e. The van der Waals surface area contributed by atoms with E-state index in [-0.39, 0.29) is 6.10 Å². The molecule has 1 aromatic carbocycles. The van der Waals surface area contributed by atoms with Crippen LogP contribution in [-0.2, 0) is 20.6 Å². The Morgan fingerprint density at radius 1 is 1.36 bits per heavy atom. The molecule has 0 saturated carbocycles. The molecule has 0 aliphatic carbocycles. The van der Waals surface area contributed by atoms with Crippen molar-refractivity contribution in [2.45, 2.75) is 64.8 Å². The third-order valence-corrected chi connectivity index (χ3v) is 5.03. The monoisotopic (exact) mass is 388 g/mol. The number of hydrogen-bond acceptors (Lipinski definition) is 4. The Balaban J connectivity index is 1.71. The molecule has 1 aliphatic heterocycles. The molecule has 4 nitrogen and oxygen atoms in total. The minimum Gasteiger partial charge on any atom is -0.431 e. The van der Waals surface area contributed by atoms with Crippen molar-refractivity contribution in [3.8, 4) is 0 Å². The Bertz CT molecular complexity index is 587. The van der Waals surface area contributed by atoms with Crippen LogP contribution in [0.4, 0.5) is 4.79 Å². The van der Waals surface area contributed by atoms with Gasteiger partial charge in [-0.2, -0.15) is 0 Å². The lowest BCUT2D eigenvalue weighted by atomic mass is 9.95. The van der Waals surface area contributed by atoms with E-state index in [4.69, 9.17) is 37.4 Å². The standard InChI is InChI=1S/C19H26Cl2O4/c1-4-14(3)24-18(22)25-19(12-23-19)9-5-6-13(2)10-15-7-8-16(20)11-17(15)21/h7-8,11,13-14H,4-6,9-10,12H2,1-3H3. The molecule has 0 spiro atoms. The lowest BCUT2D eigenvalue weighted by Gasteiger charge is -2.17. The third kappa shape index (κ3) is 6.69. The second-order valence-corrected chi connectivity index (χ2v) is 7.67. The summed E-state index contributed by atoms with van der Waals surface area (Å²) in [4.78, 5) is 11.7. The van der Waals surface area contributed by atoms with E-state index in [1.807, 2.05) is 26.0 Å². The average Bonchev–Trinajstić information content (AvgIpc) is 3.29. The van der Waals surface area contributed by atoms with Crippen molar-refractivity contribution in [2.24, 2.45) is 5.92 Å². The number of halogens is 2. The summed E-state index contributed by atoms with van der Waals surface area (Å²) in [5.74, 6) is -0.316. The Hall–Kier alpha value is -0.970. The normalized spacial score (nSPS) is 21.5. The largest absolute Gasteiger partial charge is 0.511 e. The Morgan fingerprint density at radius 3 is 2.68 bits per heavy atom. The molecule has 25 heavy (non-hydrogen) atoms. The zero-order valence-corrected chi connectivity index (χ0v) is 16.5. The van der Waals surface area contributed by atoms with Crippen LogP contribution < -0.4 is 0 Å². The first-order valence-electron chi connectivity index (χ1n) is 8.81. The zero-order valence-electron chi connectivity index (χ0n) is 15.0. The summed E-state index contributed by atoms with van der Waals surface area (Å²) in [6.07, 6.45) is 3.44. The minimum absolute atomic E-state index is 0.146. The van der Waals surface area contributed by atoms with Gasteiger partial charge in [0.25, 0.3) is 0 Å². The van der Waals surface area contributed by atoms with E-state index in [1.54, 1.807) is 6.07 Å². The van der Waals surface area contributed by atoms with Gasteiger partial charge in [0.05, 0.1) is 0 Å². The van der Waals surface area contributed by atoms with Gasteiger partial charge >= 0.3 is 6.16 Å².